The van der Waals surface area contributed by atoms with E-state index in [4.69, 9.17) is 5.26 Å². The molecule has 1 heterocycles. The molecule has 19 heavy (non-hydrogen) atoms. The Labute approximate surface area is 112 Å². The van der Waals surface area contributed by atoms with E-state index in [1.807, 2.05) is 43.1 Å². The molecule has 5 heteroatoms. The van der Waals surface area contributed by atoms with Crippen molar-refractivity contribution >= 4 is 17.5 Å². The van der Waals surface area contributed by atoms with E-state index in [9.17, 15) is 0 Å². The quantitative estimate of drug-likeness (QED) is 0.907. The largest absolute Gasteiger partial charge is 0.354 e. The van der Waals surface area contributed by atoms with Crippen molar-refractivity contribution < 1.29 is 0 Å². The molecular formula is C14H15N5. The molecule has 0 saturated heterocycles. The molecule has 0 saturated carbocycles. The van der Waals surface area contributed by atoms with E-state index >= 15 is 0 Å². The number of rotatable bonds is 4. The van der Waals surface area contributed by atoms with E-state index < -0.39 is 0 Å². The summed E-state index contributed by atoms with van der Waals surface area (Å²) < 4.78 is 0. The Morgan fingerprint density at radius 1 is 1.32 bits per heavy atom. The van der Waals surface area contributed by atoms with Crippen LogP contribution in [0.4, 0.5) is 17.5 Å². The van der Waals surface area contributed by atoms with Gasteiger partial charge in [-0.2, -0.15) is 10.2 Å². The summed E-state index contributed by atoms with van der Waals surface area (Å²) in [5.74, 6) is 1.33. The van der Waals surface area contributed by atoms with E-state index in [1.165, 1.54) is 0 Å². The topological polar surface area (TPSA) is 64.8 Å². The summed E-state index contributed by atoms with van der Waals surface area (Å²) in [7, 11) is 1.88. The second-order valence-corrected chi connectivity index (χ2v) is 3.96. The number of nitrogens with one attached hydrogen (secondary N) is 1. The molecule has 0 unspecified atom stereocenters. The van der Waals surface area contributed by atoms with Gasteiger partial charge in [0.2, 0.25) is 5.95 Å². The highest BCUT2D eigenvalue weighted by Crippen LogP contribution is 2.25. The number of anilines is 3. The first kappa shape index (κ1) is 12.8. The SMILES string of the molecule is CCNc1nccc(N(C)c2ccccc2C#N)n1. The van der Waals surface area contributed by atoms with Gasteiger partial charge in [-0.1, -0.05) is 12.1 Å². The molecule has 5 nitrogen and oxygen atoms in total. The number of hydrogen-bond donors (Lipinski definition) is 1. The van der Waals surface area contributed by atoms with E-state index in [2.05, 4.69) is 21.4 Å². The highest BCUT2D eigenvalue weighted by molar-refractivity contribution is 5.66. The maximum Gasteiger partial charge on any atom is 0.224 e. The van der Waals surface area contributed by atoms with Gasteiger partial charge < -0.3 is 10.2 Å². The molecule has 1 aromatic heterocycles. The summed E-state index contributed by atoms with van der Waals surface area (Å²) in [4.78, 5) is 10.4. The van der Waals surface area contributed by atoms with Crippen LogP contribution in [0, 0.1) is 11.3 Å². The fourth-order valence-corrected chi connectivity index (χ4v) is 1.76. The van der Waals surface area contributed by atoms with Crippen LogP contribution >= 0.6 is 0 Å². The molecule has 0 amide bonds. The number of para-hydroxylation sites is 1. The molecule has 0 aliphatic carbocycles. The smallest absolute Gasteiger partial charge is 0.224 e. The molecule has 0 radical (unpaired) electrons. The molecule has 0 atom stereocenters. The number of nitriles is 1. The van der Waals surface area contributed by atoms with Crippen LogP contribution < -0.4 is 10.2 Å². The normalized spacial score (nSPS) is 9.74. The number of aromatic nitrogens is 2. The van der Waals surface area contributed by atoms with Crippen LogP contribution in [0.25, 0.3) is 0 Å². The van der Waals surface area contributed by atoms with Crippen LogP contribution in [0.5, 0.6) is 0 Å². The molecule has 2 aromatic rings. The average molecular weight is 253 g/mol. The van der Waals surface area contributed by atoms with Crippen molar-refractivity contribution in [1.29, 1.82) is 5.26 Å². The maximum absolute atomic E-state index is 9.13. The zero-order valence-electron chi connectivity index (χ0n) is 11.0. The Kier molecular flexibility index (Phi) is 3.94. The zero-order chi connectivity index (χ0) is 13.7. The van der Waals surface area contributed by atoms with Crippen molar-refractivity contribution in [3.8, 4) is 6.07 Å². The molecule has 0 aliphatic rings. The number of nitrogens with zero attached hydrogens (tertiary/aromatic N) is 4. The van der Waals surface area contributed by atoms with Gasteiger partial charge in [0.05, 0.1) is 11.3 Å². The molecular weight excluding hydrogens is 238 g/mol. The average Bonchev–Trinajstić information content (AvgIpc) is 2.47. The van der Waals surface area contributed by atoms with Crippen LogP contribution in [0.2, 0.25) is 0 Å². The van der Waals surface area contributed by atoms with Gasteiger partial charge in [-0.05, 0) is 25.1 Å². The first-order valence-corrected chi connectivity index (χ1v) is 6.06. The molecule has 0 spiro atoms. The molecule has 0 bridgehead atoms. The molecule has 0 aliphatic heterocycles. The molecule has 96 valence electrons. The van der Waals surface area contributed by atoms with Crippen LogP contribution in [-0.2, 0) is 0 Å². The minimum atomic E-state index is 0.585. The van der Waals surface area contributed by atoms with Gasteiger partial charge in [-0.15, -0.1) is 0 Å². The summed E-state index contributed by atoms with van der Waals surface area (Å²) in [5, 5.41) is 12.2. The number of benzene rings is 1. The first-order valence-electron chi connectivity index (χ1n) is 6.06. The Morgan fingerprint density at radius 3 is 2.84 bits per heavy atom. The summed E-state index contributed by atoms with van der Waals surface area (Å²) in [5.41, 5.74) is 1.44. The minimum Gasteiger partial charge on any atom is -0.354 e. The molecule has 2 rings (SSSR count). The Balaban J connectivity index is 2.36. The third-order valence-corrected chi connectivity index (χ3v) is 2.71. The zero-order valence-corrected chi connectivity index (χ0v) is 11.0. The van der Waals surface area contributed by atoms with Crippen molar-refractivity contribution in [3.05, 3.63) is 42.1 Å². The maximum atomic E-state index is 9.13. The van der Waals surface area contributed by atoms with Gasteiger partial charge in [-0.3, -0.25) is 0 Å². The highest BCUT2D eigenvalue weighted by atomic mass is 15.2. The summed E-state index contributed by atoms with van der Waals surface area (Å²) in [6.07, 6.45) is 1.70. The van der Waals surface area contributed by atoms with E-state index in [-0.39, 0.29) is 0 Å². The van der Waals surface area contributed by atoms with Crippen LogP contribution in [0.1, 0.15) is 12.5 Å². The fourth-order valence-electron chi connectivity index (χ4n) is 1.76. The standard InChI is InChI=1S/C14H15N5/c1-3-16-14-17-9-8-13(18-14)19(2)12-7-5-4-6-11(12)10-15/h4-9H,3H2,1-2H3,(H,16,17,18). The van der Waals surface area contributed by atoms with Gasteiger partial charge in [0.15, 0.2) is 0 Å². The van der Waals surface area contributed by atoms with Crippen LogP contribution in [0.3, 0.4) is 0 Å². The summed E-state index contributed by atoms with van der Waals surface area (Å²) in [6, 6.07) is 11.4. The van der Waals surface area contributed by atoms with Gasteiger partial charge in [-0.25, -0.2) is 4.98 Å². The fraction of sp³-hybridized carbons (Fsp3) is 0.214. The lowest BCUT2D eigenvalue weighted by molar-refractivity contribution is 1.05. The van der Waals surface area contributed by atoms with Crippen molar-refractivity contribution in [1.82, 2.24) is 9.97 Å². The van der Waals surface area contributed by atoms with E-state index in [1.54, 1.807) is 12.3 Å². The first-order chi connectivity index (χ1) is 9.26. The molecule has 1 N–H and O–H groups in total. The molecule has 1 aromatic carbocycles. The van der Waals surface area contributed by atoms with E-state index in [0.29, 0.717) is 11.5 Å². The lowest BCUT2D eigenvalue weighted by Crippen LogP contribution is -2.14. The monoisotopic (exact) mass is 253 g/mol. The van der Waals surface area contributed by atoms with Gasteiger partial charge in [0, 0.05) is 19.8 Å². The van der Waals surface area contributed by atoms with Crippen LogP contribution in [0.15, 0.2) is 36.5 Å². The predicted molar refractivity (Wildman–Crippen MR) is 75.4 cm³/mol. The van der Waals surface area contributed by atoms with Gasteiger partial charge in [0.25, 0.3) is 0 Å². The third kappa shape index (κ3) is 2.80. The van der Waals surface area contributed by atoms with Crippen LogP contribution in [-0.4, -0.2) is 23.6 Å². The van der Waals surface area contributed by atoms with Crippen molar-refractivity contribution in [2.45, 2.75) is 6.92 Å². The lowest BCUT2D eigenvalue weighted by atomic mass is 10.2. The molecule has 0 fully saturated rings. The Hall–Kier alpha value is -2.61. The van der Waals surface area contributed by atoms with E-state index in [0.717, 1.165) is 18.1 Å². The van der Waals surface area contributed by atoms with Crippen molar-refractivity contribution in [2.24, 2.45) is 0 Å². The van der Waals surface area contributed by atoms with Crippen molar-refractivity contribution in [3.63, 3.8) is 0 Å². The Bertz CT molecular complexity index is 603. The second-order valence-electron chi connectivity index (χ2n) is 3.96. The second kappa shape index (κ2) is 5.83. The predicted octanol–water partition coefficient (Wildman–Crippen LogP) is 2.55. The summed E-state index contributed by atoms with van der Waals surface area (Å²) >= 11 is 0. The van der Waals surface area contributed by atoms with Gasteiger partial charge >= 0.3 is 0 Å². The summed E-state index contributed by atoms with van der Waals surface area (Å²) in [6.45, 7) is 2.76. The Morgan fingerprint density at radius 2 is 2.11 bits per heavy atom. The third-order valence-electron chi connectivity index (χ3n) is 2.71. The van der Waals surface area contributed by atoms with Crippen molar-refractivity contribution in [2.75, 3.05) is 23.8 Å². The number of hydrogen-bond acceptors (Lipinski definition) is 5. The highest BCUT2D eigenvalue weighted by Gasteiger charge is 2.10. The minimum absolute atomic E-state index is 0.585. The van der Waals surface area contributed by atoms with Gasteiger partial charge in [0.1, 0.15) is 11.9 Å². The lowest BCUT2D eigenvalue weighted by Gasteiger charge is -2.19.